The maximum absolute atomic E-state index is 11.4. The molecule has 16 heavy (non-hydrogen) atoms. The molecule has 1 aliphatic carbocycles. The van der Waals surface area contributed by atoms with Gasteiger partial charge in [0.25, 0.3) is 0 Å². The van der Waals surface area contributed by atoms with Gasteiger partial charge >= 0.3 is 0 Å². The van der Waals surface area contributed by atoms with Crippen LogP contribution in [0.2, 0.25) is 0 Å². The van der Waals surface area contributed by atoms with Crippen LogP contribution in [0, 0.1) is 0 Å². The van der Waals surface area contributed by atoms with Crippen molar-refractivity contribution in [2.24, 2.45) is 4.99 Å². The van der Waals surface area contributed by atoms with E-state index in [1.807, 2.05) is 30.3 Å². The number of aliphatic hydroxyl groups is 1. The third-order valence-corrected chi connectivity index (χ3v) is 2.55. The minimum atomic E-state index is -0.121. The normalized spacial score (nSPS) is 18.2. The van der Waals surface area contributed by atoms with E-state index in [9.17, 15) is 9.90 Å². The van der Waals surface area contributed by atoms with Crippen molar-refractivity contribution in [2.45, 2.75) is 19.8 Å². The highest BCUT2D eigenvalue weighted by Crippen LogP contribution is 2.25. The number of aliphatic hydroxyl groups excluding tert-OH is 1. The molecule has 0 aliphatic heterocycles. The molecule has 1 N–H and O–H groups in total. The van der Waals surface area contributed by atoms with E-state index in [1.54, 1.807) is 0 Å². The van der Waals surface area contributed by atoms with Crippen LogP contribution >= 0.6 is 0 Å². The molecule has 0 saturated heterocycles. The first kappa shape index (κ1) is 10.6. The van der Waals surface area contributed by atoms with E-state index in [1.165, 1.54) is 6.92 Å². The Balaban J connectivity index is 2.36. The van der Waals surface area contributed by atoms with Gasteiger partial charge in [-0.3, -0.25) is 9.79 Å². The second-order valence-corrected chi connectivity index (χ2v) is 3.77. The van der Waals surface area contributed by atoms with Crippen molar-refractivity contribution in [3.8, 4) is 0 Å². The molecule has 0 radical (unpaired) electrons. The summed E-state index contributed by atoms with van der Waals surface area (Å²) in [5.41, 5.74) is 1.89. The summed E-state index contributed by atoms with van der Waals surface area (Å²) < 4.78 is 0. The quantitative estimate of drug-likeness (QED) is 0.824. The van der Waals surface area contributed by atoms with Crippen molar-refractivity contribution in [3.05, 3.63) is 41.7 Å². The molecular formula is C13H13NO2. The molecule has 0 spiro atoms. The van der Waals surface area contributed by atoms with Crippen LogP contribution < -0.4 is 0 Å². The van der Waals surface area contributed by atoms with Gasteiger partial charge in [0.15, 0.2) is 5.78 Å². The van der Waals surface area contributed by atoms with Crippen LogP contribution in [0.25, 0.3) is 0 Å². The number of allylic oxidation sites excluding steroid dienone is 2. The van der Waals surface area contributed by atoms with E-state index < -0.39 is 0 Å². The fourth-order valence-corrected chi connectivity index (χ4v) is 1.83. The fourth-order valence-electron chi connectivity index (χ4n) is 1.83. The summed E-state index contributed by atoms with van der Waals surface area (Å²) in [6, 6.07) is 9.45. The lowest BCUT2D eigenvalue weighted by molar-refractivity contribution is -0.113. The lowest BCUT2D eigenvalue weighted by atomic mass is 10.1. The summed E-state index contributed by atoms with van der Waals surface area (Å²) in [5, 5.41) is 9.59. The number of nitrogens with zero attached hydrogens (tertiary/aromatic N) is 1. The first-order chi connectivity index (χ1) is 7.68. The number of para-hydroxylation sites is 1. The standard InChI is InChI=1S/C13H13NO2/c1-9(15)13-11(7-8-12(13)16)14-10-5-3-2-4-6-10/h2-6,16H,7-8H2,1H3. The van der Waals surface area contributed by atoms with Crippen LogP contribution in [0.5, 0.6) is 0 Å². The van der Waals surface area contributed by atoms with Gasteiger partial charge in [0.2, 0.25) is 0 Å². The molecule has 0 saturated carbocycles. The molecule has 0 bridgehead atoms. The highest BCUT2D eigenvalue weighted by Gasteiger charge is 2.24. The van der Waals surface area contributed by atoms with Crippen molar-refractivity contribution < 1.29 is 9.90 Å². The second-order valence-electron chi connectivity index (χ2n) is 3.77. The number of carbonyl (C=O) groups is 1. The van der Waals surface area contributed by atoms with Crippen molar-refractivity contribution in [3.63, 3.8) is 0 Å². The molecule has 1 aliphatic rings. The number of ketones is 1. The molecule has 0 amide bonds. The highest BCUT2D eigenvalue weighted by atomic mass is 16.3. The number of benzene rings is 1. The number of carbonyl (C=O) groups excluding carboxylic acids is 1. The zero-order valence-corrected chi connectivity index (χ0v) is 9.10. The Hall–Kier alpha value is -1.90. The van der Waals surface area contributed by atoms with E-state index >= 15 is 0 Å². The predicted octanol–water partition coefficient (Wildman–Crippen LogP) is 2.95. The van der Waals surface area contributed by atoms with E-state index in [2.05, 4.69) is 4.99 Å². The minimum Gasteiger partial charge on any atom is -0.511 e. The van der Waals surface area contributed by atoms with Gasteiger partial charge in [-0.1, -0.05) is 18.2 Å². The van der Waals surface area contributed by atoms with Crippen LogP contribution in [0.3, 0.4) is 0 Å². The zero-order chi connectivity index (χ0) is 11.5. The van der Waals surface area contributed by atoms with Gasteiger partial charge in [0.05, 0.1) is 17.0 Å². The van der Waals surface area contributed by atoms with Gasteiger partial charge in [-0.05, 0) is 25.5 Å². The van der Waals surface area contributed by atoms with Gasteiger partial charge in [-0.15, -0.1) is 0 Å². The van der Waals surface area contributed by atoms with Gasteiger partial charge < -0.3 is 5.11 Å². The number of hydrogen-bond donors (Lipinski definition) is 1. The molecule has 0 atom stereocenters. The summed E-state index contributed by atoms with van der Waals surface area (Å²) in [6.07, 6.45) is 1.15. The SMILES string of the molecule is CC(=O)C1=C(O)CCC1=Nc1ccccc1. The topological polar surface area (TPSA) is 49.7 Å². The molecule has 1 aromatic rings. The van der Waals surface area contributed by atoms with Crippen LogP contribution in [-0.2, 0) is 4.79 Å². The number of hydrogen-bond acceptors (Lipinski definition) is 3. The Morgan fingerprint density at radius 2 is 1.94 bits per heavy atom. The summed E-state index contributed by atoms with van der Waals surface area (Å²) in [7, 11) is 0. The van der Waals surface area contributed by atoms with E-state index in [4.69, 9.17) is 0 Å². The largest absolute Gasteiger partial charge is 0.511 e. The minimum absolute atomic E-state index is 0.121. The maximum atomic E-state index is 11.4. The molecule has 0 fully saturated rings. The number of aliphatic imine (C=N–C) groups is 1. The Morgan fingerprint density at radius 1 is 1.25 bits per heavy atom. The third-order valence-electron chi connectivity index (χ3n) is 2.55. The van der Waals surface area contributed by atoms with Crippen molar-refractivity contribution in [1.82, 2.24) is 0 Å². The summed E-state index contributed by atoms with van der Waals surface area (Å²) in [6.45, 7) is 1.46. The fraction of sp³-hybridized carbons (Fsp3) is 0.231. The van der Waals surface area contributed by atoms with Crippen LogP contribution in [0.1, 0.15) is 19.8 Å². The molecule has 3 heteroatoms. The van der Waals surface area contributed by atoms with Crippen LogP contribution in [-0.4, -0.2) is 16.6 Å². The van der Waals surface area contributed by atoms with Crippen molar-refractivity contribution in [2.75, 3.05) is 0 Å². The summed E-state index contributed by atoms with van der Waals surface area (Å²) >= 11 is 0. The Kier molecular flexibility index (Phi) is 2.86. The van der Waals surface area contributed by atoms with Gasteiger partial charge in [0.1, 0.15) is 5.76 Å². The lowest BCUT2D eigenvalue weighted by Crippen LogP contribution is -2.06. The number of Topliss-reactive ketones (excluding diaryl/α,β-unsaturated/α-hetero) is 1. The summed E-state index contributed by atoms with van der Waals surface area (Å²) in [5.74, 6) is 0.0480. The zero-order valence-electron chi connectivity index (χ0n) is 9.10. The Morgan fingerprint density at radius 3 is 2.56 bits per heavy atom. The van der Waals surface area contributed by atoms with Gasteiger partial charge in [0, 0.05) is 6.42 Å². The third kappa shape index (κ3) is 2.03. The molecule has 0 heterocycles. The highest BCUT2D eigenvalue weighted by molar-refractivity contribution is 6.23. The first-order valence-corrected chi connectivity index (χ1v) is 5.24. The monoisotopic (exact) mass is 215 g/mol. The lowest BCUT2D eigenvalue weighted by Gasteiger charge is -2.00. The second kappa shape index (κ2) is 4.31. The van der Waals surface area contributed by atoms with E-state index in [-0.39, 0.29) is 11.5 Å². The molecule has 3 nitrogen and oxygen atoms in total. The van der Waals surface area contributed by atoms with Crippen molar-refractivity contribution >= 4 is 17.2 Å². The molecule has 82 valence electrons. The van der Waals surface area contributed by atoms with Gasteiger partial charge in [-0.2, -0.15) is 0 Å². The average molecular weight is 215 g/mol. The molecule has 0 aromatic heterocycles. The maximum Gasteiger partial charge on any atom is 0.165 e. The molecule has 0 unspecified atom stereocenters. The molecule has 2 rings (SSSR count). The molecular weight excluding hydrogens is 202 g/mol. The molecule has 1 aromatic carbocycles. The van der Waals surface area contributed by atoms with E-state index in [0.717, 1.165) is 5.69 Å². The van der Waals surface area contributed by atoms with Gasteiger partial charge in [-0.25, -0.2) is 0 Å². The predicted molar refractivity (Wildman–Crippen MR) is 63.1 cm³/mol. The Bertz CT molecular complexity index is 472. The van der Waals surface area contributed by atoms with E-state index in [0.29, 0.717) is 24.1 Å². The first-order valence-electron chi connectivity index (χ1n) is 5.24. The smallest absolute Gasteiger partial charge is 0.165 e. The summed E-state index contributed by atoms with van der Waals surface area (Å²) in [4.78, 5) is 15.7. The average Bonchev–Trinajstić information content (AvgIpc) is 2.61. The number of rotatable bonds is 2. The Labute approximate surface area is 94.1 Å². The van der Waals surface area contributed by atoms with Crippen molar-refractivity contribution in [1.29, 1.82) is 0 Å². The van der Waals surface area contributed by atoms with Crippen LogP contribution in [0.4, 0.5) is 5.69 Å². The van der Waals surface area contributed by atoms with Crippen LogP contribution in [0.15, 0.2) is 46.7 Å².